The van der Waals surface area contributed by atoms with Crippen LogP contribution in [0.2, 0.25) is 0 Å². The van der Waals surface area contributed by atoms with Gasteiger partial charge in [-0.15, -0.1) is 5.06 Å². The van der Waals surface area contributed by atoms with Crippen LogP contribution in [0.25, 0.3) is 0 Å². The topological polar surface area (TPSA) is 18.5 Å². The van der Waals surface area contributed by atoms with Gasteiger partial charge in [0.25, 0.3) is 0 Å². The first-order valence-electron chi connectivity index (χ1n) is 8.82. The van der Waals surface area contributed by atoms with Gasteiger partial charge >= 0.3 is 0 Å². The minimum atomic E-state index is -0.303. The number of fused-ring (bicyclic) bond motifs is 3. The maximum atomic E-state index is 6.29. The van der Waals surface area contributed by atoms with E-state index in [2.05, 4.69) is 101 Å². The zero-order valence-electron chi connectivity index (χ0n) is 13.7. The van der Waals surface area contributed by atoms with Crippen molar-refractivity contribution in [3.05, 3.63) is 108 Å². The highest BCUT2D eigenvalue weighted by Gasteiger charge is 2.83. The van der Waals surface area contributed by atoms with Crippen molar-refractivity contribution < 1.29 is 4.84 Å². The maximum Gasteiger partial charge on any atom is 0.209 e. The van der Waals surface area contributed by atoms with Crippen molar-refractivity contribution in [3.63, 3.8) is 0 Å². The van der Waals surface area contributed by atoms with Gasteiger partial charge in [0, 0.05) is 5.56 Å². The lowest BCUT2D eigenvalue weighted by molar-refractivity contribution is 0.0708. The van der Waals surface area contributed by atoms with Crippen LogP contribution in [0.5, 0.6) is 0 Å². The van der Waals surface area contributed by atoms with E-state index < -0.39 is 0 Å². The molecule has 3 saturated heterocycles. The van der Waals surface area contributed by atoms with E-state index in [0.29, 0.717) is 12.1 Å². The minimum absolute atomic E-state index is 0.177. The van der Waals surface area contributed by atoms with E-state index in [1.807, 2.05) is 0 Å². The molecule has 6 atom stereocenters. The van der Waals surface area contributed by atoms with Gasteiger partial charge in [-0.05, 0) is 11.1 Å². The third-order valence-corrected chi connectivity index (χ3v) is 5.72. The molecule has 3 aliphatic heterocycles. The molecule has 0 saturated carbocycles. The second kappa shape index (κ2) is 4.79. The summed E-state index contributed by atoms with van der Waals surface area (Å²) < 4.78 is 0. The fraction of sp³-hybridized carbons (Fsp3) is 0.182. The first-order valence-corrected chi connectivity index (χ1v) is 8.82. The van der Waals surface area contributed by atoms with E-state index >= 15 is 0 Å². The summed E-state index contributed by atoms with van der Waals surface area (Å²) in [6, 6.07) is 32.9. The average molecular weight is 326 g/mol. The zero-order chi connectivity index (χ0) is 16.4. The Morgan fingerprint density at radius 1 is 0.680 bits per heavy atom. The number of hydroxylamine groups is 2. The summed E-state index contributed by atoms with van der Waals surface area (Å²) in [5, 5.41) is 2.18. The number of rotatable bonds is 3. The SMILES string of the molecule is c1ccc([C@@H]2[C@@H]3N2[C@@H](c2ccccc2)N2O[C@@]32c2ccccc2)cc1. The lowest BCUT2D eigenvalue weighted by Gasteiger charge is -2.18. The van der Waals surface area contributed by atoms with Crippen molar-refractivity contribution in [1.29, 1.82) is 0 Å². The highest BCUT2D eigenvalue weighted by molar-refractivity contribution is 5.43. The number of hydrogen-bond donors (Lipinski definition) is 0. The summed E-state index contributed by atoms with van der Waals surface area (Å²) >= 11 is 0. The lowest BCUT2D eigenvalue weighted by atomic mass is 9.96. The standard InChI is InChI=1S/C22H18N2O/c1-4-10-16(11-5-1)19-20-22(18-14-8-3-9-15-18)24(25-22)21(23(19)20)17-12-6-2-7-13-17/h1-15,19-21H/t19-,20+,21-,22+,23?,24?/m1/s1. The monoisotopic (exact) mass is 326 g/mol. The van der Waals surface area contributed by atoms with Gasteiger partial charge in [-0.3, -0.25) is 9.74 Å². The predicted octanol–water partition coefficient (Wildman–Crippen LogP) is 4.22. The normalized spacial score (nSPS) is 37.2. The fourth-order valence-corrected chi connectivity index (χ4v) is 4.60. The summed E-state index contributed by atoms with van der Waals surface area (Å²) in [5.41, 5.74) is 3.62. The molecule has 3 heteroatoms. The molecule has 3 aromatic rings. The smallest absolute Gasteiger partial charge is 0.209 e. The van der Waals surface area contributed by atoms with Crippen LogP contribution in [0, 0.1) is 0 Å². The van der Waals surface area contributed by atoms with Crippen LogP contribution in [0.3, 0.4) is 0 Å². The summed E-state index contributed by atoms with van der Waals surface area (Å²) in [6.45, 7) is 0. The Hall–Kier alpha value is -2.46. The van der Waals surface area contributed by atoms with Crippen LogP contribution in [0.1, 0.15) is 28.9 Å². The van der Waals surface area contributed by atoms with Crippen LogP contribution < -0.4 is 0 Å². The Kier molecular flexibility index (Phi) is 2.64. The Morgan fingerprint density at radius 3 is 1.88 bits per heavy atom. The van der Waals surface area contributed by atoms with E-state index in [1.165, 1.54) is 16.7 Å². The van der Waals surface area contributed by atoms with Crippen LogP contribution in [0.4, 0.5) is 0 Å². The molecule has 0 aliphatic carbocycles. The van der Waals surface area contributed by atoms with Gasteiger partial charge in [0.1, 0.15) is 6.17 Å². The summed E-state index contributed by atoms with van der Waals surface area (Å²) in [7, 11) is 0. The first-order chi connectivity index (χ1) is 12.4. The molecule has 0 radical (unpaired) electrons. The Morgan fingerprint density at radius 2 is 1.24 bits per heavy atom. The molecule has 3 fully saturated rings. The van der Waals surface area contributed by atoms with Crippen molar-refractivity contribution in [1.82, 2.24) is 9.96 Å². The molecule has 0 amide bonds. The molecule has 122 valence electrons. The van der Waals surface area contributed by atoms with Crippen molar-refractivity contribution in [2.75, 3.05) is 0 Å². The van der Waals surface area contributed by atoms with Gasteiger partial charge in [0.2, 0.25) is 5.72 Å². The van der Waals surface area contributed by atoms with Crippen LogP contribution in [-0.4, -0.2) is 16.0 Å². The van der Waals surface area contributed by atoms with E-state index in [1.54, 1.807) is 0 Å². The Labute approximate surface area is 147 Å². The van der Waals surface area contributed by atoms with Crippen LogP contribution in [-0.2, 0) is 10.6 Å². The van der Waals surface area contributed by atoms with E-state index in [4.69, 9.17) is 4.84 Å². The molecule has 0 N–H and O–H groups in total. The largest absolute Gasteiger partial charge is 0.264 e. The van der Waals surface area contributed by atoms with E-state index in [9.17, 15) is 0 Å². The van der Waals surface area contributed by atoms with Crippen molar-refractivity contribution in [2.45, 2.75) is 24.0 Å². The van der Waals surface area contributed by atoms with Gasteiger partial charge in [0.15, 0.2) is 0 Å². The van der Waals surface area contributed by atoms with Gasteiger partial charge in [-0.2, -0.15) is 0 Å². The maximum absolute atomic E-state index is 6.29. The molecule has 3 aromatic carbocycles. The fourth-order valence-electron chi connectivity index (χ4n) is 4.60. The second-order valence-electron chi connectivity index (χ2n) is 7.01. The first kappa shape index (κ1) is 13.8. The molecule has 3 aliphatic rings. The van der Waals surface area contributed by atoms with Gasteiger partial charge in [-0.25, -0.2) is 0 Å². The molecular weight excluding hydrogens is 308 g/mol. The van der Waals surface area contributed by atoms with Crippen LogP contribution >= 0.6 is 0 Å². The van der Waals surface area contributed by atoms with Crippen molar-refractivity contribution in [2.24, 2.45) is 0 Å². The molecular formula is C22H18N2O. The van der Waals surface area contributed by atoms with E-state index in [0.717, 1.165) is 0 Å². The predicted molar refractivity (Wildman–Crippen MR) is 95.0 cm³/mol. The number of benzene rings is 3. The third kappa shape index (κ3) is 1.75. The minimum Gasteiger partial charge on any atom is -0.264 e. The highest BCUT2D eigenvalue weighted by atomic mass is 16.9. The third-order valence-electron chi connectivity index (χ3n) is 5.72. The molecule has 0 aromatic heterocycles. The molecule has 25 heavy (non-hydrogen) atoms. The van der Waals surface area contributed by atoms with Crippen LogP contribution in [0.15, 0.2) is 91.0 Å². The van der Waals surface area contributed by atoms with Crippen molar-refractivity contribution >= 4 is 0 Å². The Balaban J connectivity index is 1.47. The highest BCUT2D eigenvalue weighted by Crippen LogP contribution is 2.73. The quantitative estimate of drug-likeness (QED) is 0.671. The molecule has 0 spiro atoms. The summed E-state index contributed by atoms with van der Waals surface area (Å²) in [6.07, 6.45) is 0.177. The average Bonchev–Trinajstić information content (AvgIpc) is 3.59. The molecule has 3 heterocycles. The second-order valence-corrected chi connectivity index (χ2v) is 7.01. The molecule has 0 bridgehead atoms. The summed E-state index contributed by atoms with van der Waals surface area (Å²) in [4.78, 5) is 8.88. The molecule has 3 nitrogen and oxygen atoms in total. The molecule has 6 rings (SSSR count). The van der Waals surface area contributed by atoms with Crippen molar-refractivity contribution in [3.8, 4) is 0 Å². The van der Waals surface area contributed by atoms with Gasteiger partial charge in [-0.1, -0.05) is 91.0 Å². The molecule has 2 unspecified atom stereocenters. The van der Waals surface area contributed by atoms with Gasteiger partial charge in [0.05, 0.1) is 12.1 Å². The Bertz CT molecular complexity index is 915. The number of nitrogens with zero attached hydrogens (tertiary/aromatic N) is 2. The summed E-state index contributed by atoms with van der Waals surface area (Å²) in [5.74, 6) is 0. The zero-order valence-corrected chi connectivity index (χ0v) is 13.7. The van der Waals surface area contributed by atoms with Gasteiger partial charge < -0.3 is 0 Å². The van der Waals surface area contributed by atoms with E-state index in [-0.39, 0.29) is 11.9 Å². The lowest BCUT2D eigenvalue weighted by Crippen LogP contribution is -2.21. The number of hydrogen-bond acceptors (Lipinski definition) is 3.